The molecule has 3 fully saturated rings. The third-order valence-corrected chi connectivity index (χ3v) is 8.00. The molecule has 0 aromatic rings. The lowest BCUT2D eigenvalue weighted by molar-refractivity contribution is -0.117. The van der Waals surface area contributed by atoms with Gasteiger partial charge >= 0.3 is 0 Å². The zero-order chi connectivity index (χ0) is 16.4. The average Bonchev–Trinajstić information content (AvgIpc) is 2.82. The second kappa shape index (κ2) is 5.21. The molecule has 0 aromatic heterocycles. The number of rotatable bonds is 0. The van der Waals surface area contributed by atoms with Crippen LogP contribution in [-0.2, 0) is 4.79 Å². The lowest BCUT2D eigenvalue weighted by atomic mass is 9.52. The van der Waals surface area contributed by atoms with Crippen molar-refractivity contribution in [3.8, 4) is 12.3 Å². The Morgan fingerprint density at radius 2 is 2.00 bits per heavy atom. The van der Waals surface area contributed by atoms with Crippen LogP contribution >= 0.6 is 0 Å². The van der Waals surface area contributed by atoms with Crippen molar-refractivity contribution in [2.24, 2.45) is 35.0 Å². The van der Waals surface area contributed by atoms with Gasteiger partial charge in [-0.2, -0.15) is 0 Å². The Kier molecular flexibility index (Phi) is 3.50. The van der Waals surface area contributed by atoms with E-state index < -0.39 is 0 Å². The molecular formula is C21H28O2. The lowest BCUT2D eigenvalue weighted by Gasteiger charge is -2.53. The van der Waals surface area contributed by atoms with E-state index in [1.54, 1.807) is 0 Å². The quantitative estimate of drug-likeness (QED) is 0.692. The van der Waals surface area contributed by atoms with Crippen molar-refractivity contribution in [1.82, 2.24) is 0 Å². The van der Waals surface area contributed by atoms with Crippen LogP contribution in [-0.4, -0.2) is 17.0 Å². The van der Waals surface area contributed by atoms with Crippen LogP contribution in [0.4, 0.5) is 0 Å². The van der Waals surface area contributed by atoms with E-state index in [0.29, 0.717) is 29.5 Å². The zero-order valence-electron chi connectivity index (χ0n) is 14.3. The molecule has 0 aliphatic heterocycles. The minimum absolute atomic E-state index is 0.0128. The molecule has 124 valence electrons. The molecule has 23 heavy (non-hydrogen) atoms. The van der Waals surface area contributed by atoms with Crippen molar-refractivity contribution < 1.29 is 9.90 Å². The van der Waals surface area contributed by atoms with Crippen molar-refractivity contribution in [1.29, 1.82) is 0 Å². The van der Waals surface area contributed by atoms with Gasteiger partial charge in [-0.25, -0.2) is 0 Å². The number of aliphatic hydroxyl groups is 1. The molecule has 0 spiro atoms. The van der Waals surface area contributed by atoms with Crippen molar-refractivity contribution in [3.63, 3.8) is 0 Å². The minimum Gasteiger partial charge on any atom is -0.391 e. The first-order valence-electron chi connectivity index (χ1n) is 9.34. The number of Topliss-reactive ketones (excluding diaryl/α,β-unsaturated/α-hetero) is 1. The van der Waals surface area contributed by atoms with Gasteiger partial charge in [0.2, 0.25) is 0 Å². The molecule has 2 heteroatoms. The molecule has 0 aromatic carbocycles. The number of allylic oxidation sites excluding steroid dienone is 1. The summed E-state index contributed by atoms with van der Waals surface area (Å²) >= 11 is 0. The zero-order valence-corrected chi connectivity index (χ0v) is 14.3. The molecule has 1 N–H and O–H groups in total. The Balaban J connectivity index is 1.66. The third-order valence-electron chi connectivity index (χ3n) is 8.00. The van der Waals surface area contributed by atoms with Gasteiger partial charge in [0.05, 0.1) is 6.10 Å². The highest BCUT2D eigenvalue weighted by Gasteiger charge is 2.58. The summed E-state index contributed by atoms with van der Waals surface area (Å²) in [4.78, 5) is 12.1. The van der Waals surface area contributed by atoms with Gasteiger partial charge in [-0.3, -0.25) is 4.79 Å². The van der Waals surface area contributed by atoms with Crippen LogP contribution in [0.25, 0.3) is 0 Å². The van der Waals surface area contributed by atoms with Gasteiger partial charge in [0.1, 0.15) is 0 Å². The van der Waals surface area contributed by atoms with Crippen LogP contribution in [0, 0.1) is 47.3 Å². The van der Waals surface area contributed by atoms with Gasteiger partial charge in [0, 0.05) is 12.3 Å². The van der Waals surface area contributed by atoms with E-state index in [4.69, 9.17) is 6.42 Å². The van der Waals surface area contributed by atoms with Crippen LogP contribution in [0.2, 0.25) is 0 Å². The minimum atomic E-state index is -0.329. The number of aliphatic hydroxyl groups excluding tert-OH is 1. The monoisotopic (exact) mass is 312 g/mol. The first-order chi connectivity index (χ1) is 11.0. The second-order valence-electron chi connectivity index (χ2n) is 8.69. The second-order valence-corrected chi connectivity index (χ2v) is 8.69. The topological polar surface area (TPSA) is 37.3 Å². The van der Waals surface area contributed by atoms with Crippen LogP contribution < -0.4 is 0 Å². The number of hydrogen-bond donors (Lipinski definition) is 1. The highest BCUT2D eigenvalue weighted by atomic mass is 16.3. The van der Waals surface area contributed by atoms with E-state index in [-0.39, 0.29) is 17.4 Å². The van der Waals surface area contributed by atoms with Crippen molar-refractivity contribution in [2.75, 3.05) is 0 Å². The number of hydrogen-bond acceptors (Lipinski definition) is 2. The van der Waals surface area contributed by atoms with Gasteiger partial charge in [0.15, 0.2) is 5.78 Å². The predicted molar refractivity (Wildman–Crippen MR) is 90.4 cm³/mol. The van der Waals surface area contributed by atoms with E-state index in [1.807, 2.05) is 6.92 Å². The van der Waals surface area contributed by atoms with Crippen LogP contribution in [0.3, 0.4) is 0 Å². The molecule has 0 radical (unpaired) electrons. The molecule has 0 amide bonds. The summed E-state index contributed by atoms with van der Waals surface area (Å²) in [6.45, 7) is 4.32. The molecule has 0 heterocycles. The maximum atomic E-state index is 12.1. The third kappa shape index (κ3) is 2.02. The van der Waals surface area contributed by atoms with Crippen molar-refractivity contribution >= 4 is 5.78 Å². The summed E-state index contributed by atoms with van der Waals surface area (Å²) in [5.74, 6) is 5.86. The molecule has 0 saturated heterocycles. The van der Waals surface area contributed by atoms with Crippen LogP contribution in [0.1, 0.15) is 58.8 Å². The van der Waals surface area contributed by atoms with E-state index in [2.05, 4.69) is 12.8 Å². The number of carbonyl (C=O) groups excluding carboxylic acids is 1. The first-order valence-corrected chi connectivity index (χ1v) is 9.34. The smallest absolute Gasteiger partial charge is 0.158 e. The van der Waals surface area contributed by atoms with Gasteiger partial charge in [-0.05, 0) is 80.1 Å². The molecule has 3 saturated carbocycles. The highest BCUT2D eigenvalue weighted by Crippen LogP contribution is 2.63. The Labute approximate surface area is 139 Å². The number of carbonyl (C=O) groups is 1. The highest BCUT2D eigenvalue weighted by molar-refractivity contribution is 5.96. The van der Waals surface area contributed by atoms with Crippen LogP contribution in [0.5, 0.6) is 0 Å². The standard InChI is InChI=1S/C21H28O2/c1-4-13-11-18-17-6-5-14-12(2)19(22)8-7-15(14)16(17)9-10-21(18,3)20(13)23/h1,13,15-18,20,23H,5-11H2,2-3H3/t13-,15+,16+,17-,18-,20+,21-/m1/s1. The lowest BCUT2D eigenvalue weighted by Crippen LogP contribution is -2.48. The summed E-state index contributed by atoms with van der Waals surface area (Å²) in [5.41, 5.74) is 2.55. The summed E-state index contributed by atoms with van der Waals surface area (Å²) in [6.07, 6.45) is 12.7. The molecule has 4 rings (SSSR count). The number of terminal acetylenes is 1. The van der Waals surface area contributed by atoms with Gasteiger partial charge in [-0.15, -0.1) is 12.3 Å². The van der Waals surface area contributed by atoms with E-state index in [1.165, 1.54) is 18.4 Å². The average molecular weight is 312 g/mol. The SMILES string of the molecule is C#C[C@@H]1C[C@@H]2[C@@H]3CCC4=C(C)C(=O)CC[C@@H]4[C@@H]3CC[C@@]2(C)[C@H]1O. The fourth-order valence-corrected chi connectivity index (χ4v) is 6.68. The fraction of sp³-hybridized carbons (Fsp3) is 0.762. The number of fused-ring (bicyclic) bond motifs is 5. The van der Waals surface area contributed by atoms with Gasteiger partial charge in [0.25, 0.3) is 0 Å². The molecule has 2 nitrogen and oxygen atoms in total. The van der Waals surface area contributed by atoms with Crippen molar-refractivity contribution in [2.45, 2.75) is 64.9 Å². The van der Waals surface area contributed by atoms with Gasteiger partial charge in [-0.1, -0.05) is 12.5 Å². The fourth-order valence-electron chi connectivity index (χ4n) is 6.68. The summed E-state index contributed by atoms with van der Waals surface area (Å²) in [5, 5.41) is 10.7. The Morgan fingerprint density at radius 3 is 2.74 bits per heavy atom. The van der Waals surface area contributed by atoms with E-state index in [9.17, 15) is 9.90 Å². The molecule has 7 atom stereocenters. The molecule has 0 unspecified atom stereocenters. The van der Waals surface area contributed by atoms with E-state index >= 15 is 0 Å². The molecule has 0 bridgehead atoms. The molecule has 4 aliphatic carbocycles. The summed E-state index contributed by atoms with van der Waals surface area (Å²) in [6, 6.07) is 0. The van der Waals surface area contributed by atoms with Crippen LogP contribution in [0.15, 0.2) is 11.1 Å². The largest absolute Gasteiger partial charge is 0.391 e. The maximum absolute atomic E-state index is 12.1. The van der Waals surface area contributed by atoms with Gasteiger partial charge < -0.3 is 5.11 Å². The van der Waals surface area contributed by atoms with Crippen molar-refractivity contribution in [3.05, 3.63) is 11.1 Å². The Morgan fingerprint density at radius 1 is 1.22 bits per heavy atom. The normalized spacial score (nSPS) is 49.2. The Bertz CT molecular complexity index is 610. The summed E-state index contributed by atoms with van der Waals surface area (Å²) < 4.78 is 0. The Hall–Kier alpha value is -1.07. The molecule has 4 aliphatic rings. The summed E-state index contributed by atoms with van der Waals surface area (Å²) in [7, 11) is 0. The number of ketones is 1. The maximum Gasteiger partial charge on any atom is 0.158 e. The molecular weight excluding hydrogens is 284 g/mol. The van der Waals surface area contributed by atoms with E-state index in [0.717, 1.165) is 37.7 Å². The predicted octanol–water partition coefficient (Wildman–Crippen LogP) is 3.74. The first kappa shape index (κ1) is 15.5.